The van der Waals surface area contributed by atoms with Gasteiger partial charge < -0.3 is 15.2 Å². The fourth-order valence-electron chi connectivity index (χ4n) is 1.13. The molecule has 0 heterocycles. The third-order valence-corrected chi connectivity index (χ3v) is 3.43. The molecule has 16 heavy (non-hydrogen) atoms. The highest BCUT2D eigenvalue weighted by molar-refractivity contribution is 9.10. The van der Waals surface area contributed by atoms with Gasteiger partial charge in [-0.1, -0.05) is 11.6 Å². The minimum Gasteiger partial charge on any atom is -0.495 e. The summed E-state index contributed by atoms with van der Waals surface area (Å²) in [5.74, 6) is 0.846. The highest BCUT2D eigenvalue weighted by Crippen LogP contribution is 2.37. The summed E-state index contributed by atoms with van der Waals surface area (Å²) in [6.07, 6.45) is -0.615. The minimum atomic E-state index is -0.615. The quantitative estimate of drug-likeness (QED) is 0.816. The normalized spacial score (nSPS) is 12.3. The van der Waals surface area contributed by atoms with Crippen LogP contribution in [0.4, 0.5) is 5.69 Å². The molecule has 1 aromatic rings. The SMILES string of the molecule is COc1ccc(Cl)c(NCC(O)CCl)c1Br. The average molecular weight is 329 g/mol. The first kappa shape index (κ1) is 13.9. The Labute approximate surface area is 113 Å². The van der Waals surface area contributed by atoms with Gasteiger partial charge in [0.1, 0.15) is 5.75 Å². The van der Waals surface area contributed by atoms with Gasteiger partial charge in [0, 0.05) is 6.54 Å². The lowest BCUT2D eigenvalue weighted by Crippen LogP contribution is -2.21. The van der Waals surface area contributed by atoms with Crippen molar-refractivity contribution in [3.05, 3.63) is 21.6 Å². The van der Waals surface area contributed by atoms with Gasteiger partial charge in [-0.05, 0) is 28.1 Å². The second-order valence-electron chi connectivity index (χ2n) is 3.13. The largest absolute Gasteiger partial charge is 0.495 e. The number of nitrogens with one attached hydrogen (secondary N) is 1. The number of hydrogen-bond donors (Lipinski definition) is 2. The van der Waals surface area contributed by atoms with Crippen LogP contribution in [0.5, 0.6) is 5.75 Å². The Balaban J connectivity index is 2.85. The molecule has 1 rings (SSSR count). The first-order valence-electron chi connectivity index (χ1n) is 4.60. The number of rotatable bonds is 5. The standard InChI is InChI=1S/C10H12BrCl2NO2/c1-16-8-3-2-7(13)10(9(8)11)14-5-6(15)4-12/h2-3,6,14-15H,4-5H2,1H3. The third kappa shape index (κ3) is 3.42. The molecule has 3 nitrogen and oxygen atoms in total. The molecule has 90 valence electrons. The Morgan fingerprint density at radius 2 is 2.25 bits per heavy atom. The zero-order chi connectivity index (χ0) is 12.1. The monoisotopic (exact) mass is 327 g/mol. The fraction of sp³-hybridized carbons (Fsp3) is 0.400. The molecule has 0 aromatic heterocycles. The number of anilines is 1. The van der Waals surface area contributed by atoms with Crippen LogP contribution >= 0.6 is 39.1 Å². The number of hydrogen-bond acceptors (Lipinski definition) is 3. The Hall–Kier alpha value is -0.160. The molecule has 0 aliphatic rings. The number of aliphatic hydroxyl groups is 1. The van der Waals surface area contributed by atoms with E-state index < -0.39 is 6.10 Å². The number of methoxy groups -OCH3 is 1. The van der Waals surface area contributed by atoms with E-state index in [4.69, 9.17) is 27.9 Å². The molecular formula is C10H12BrCl2NO2. The second-order valence-corrected chi connectivity index (χ2v) is 4.64. The van der Waals surface area contributed by atoms with Gasteiger partial charge >= 0.3 is 0 Å². The molecular weight excluding hydrogens is 317 g/mol. The highest BCUT2D eigenvalue weighted by atomic mass is 79.9. The fourth-order valence-corrected chi connectivity index (χ4v) is 2.22. The van der Waals surface area contributed by atoms with Gasteiger partial charge in [0.15, 0.2) is 0 Å². The molecule has 1 unspecified atom stereocenters. The van der Waals surface area contributed by atoms with E-state index in [-0.39, 0.29) is 5.88 Å². The predicted octanol–water partition coefficient (Wildman–Crippen LogP) is 3.12. The first-order chi connectivity index (χ1) is 7.60. The van der Waals surface area contributed by atoms with Crippen molar-refractivity contribution in [2.45, 2.75) is 6.10 Å². The van der Waals surface area contributed by atoms with Gasteiger partial charge in [-0.2, -0.15) is 0 Å². The van der Waals surface area contributed by atoms with Crippen molar-refractivity contribution in [3.8, 4) is 5.75 Å². The van der Waals surface area contributed by atoms with Crippen LogP contribution in [0, 0.1) is 0 Å². The lowest BCUT2D eigenvalue weighted by molar-refractivity contribution is 0.211. The van der Waals surface area contributed by atoms with Crippen molar-refractivity contribution in [2.75, 3.05) is 24.9 Å². The van der Waals surface area contributed by atoms with Crippen molar-refractivity contribution in [1.82, 2.24) is 0 Å². The summed E-state index contributed by atoms with van der Waals surface area (Å²) in [7, 11) is 1.57. The Bertz CT molecular complexity index is 363. The van der Waals surface area contributed by atoms with E-state index in [1.807, 2.05) is 0 Å². The van der Waals surface area contributed by atoms with E-state index in [1.165, 1.54) is 0 Å². The maximum Gasteiger partial charge on any atom is 0.135 e. The first-order valence-corrected chi connectivity index (χ1v) is 6.30. The summed E-state index contributed by atoms with van der Waals surface area (Å²) in [4.78, 5) is 0. The average Bonchev–Trinajstić information content (AvgIpc) is 2.28. The van der Waals surface area contributed by atoms with E-state index >= 15 is 0 Å². The summed E-state index contributed by atoms with van der Waals surface area (Å²) < 4.78 is 5.87. The number of benzene rings is 1. The molecule has 1 aromatic carbocycles. The van der Waals surface area contributed by atoms with Gasteiger partial charge in [0.05, 0.1) is 34.3 Å². The number of aliphatic hydroxyl groups excluding tert-OH is 1. The molecule has 0 saturated carbocycles. The van der Waals surface area contributed by atoms with Gasteiger partial charge in [0.25, 0.3) is 0 Å². The molecule has 0 aliphatic carbocycles. The van der Waals surface area contributed by atoms with Crippen LogP contribution in [0.3, 0.4) is 0 Å². The molecule has 0 bridgehead atoms. The lowest BCUT2D eigenvalue weighted by Gasteiger charge is -2.15. The Morgan fingerprint density at radius 1 is 1.56 bits per heavy atom. The van der Waals surface area contributed by atoms with E-state index in [9.17, 15) is 5.11 Å². The van der Waals surface area contributed by atoms with Crippen molar-refractivity contribution in [2.24, 2.45) is 0 Å². The van der Waals surface area contributed by atoms with Crippen LogP contribution in [-0.2, 0) is 0 Å². The van der Waals surface area contributed by atoms with Gasteiger partial charge in [0.2, 0.25) is 0 Å². The van der Waals surface area contributed by atoms with Gasteiger partial charge in [-0.3, -0.25) is 0 Å². The van der Waals surface area contributed by atoms with Gasteiger partial charge in [-0.25, -0.2) is 0 Å². The lowest BCUT2D eigenvalue weighted by atomic mass is 10.3. The highest BCUT2D eigenvalue weighted by Gasteiger charge is 2.11. The second kappa shape index (κ2) is 6.55. The van der Waals surface area contributed by atoms with Crippen LogP contribution in [0.2, 0.25) is 5.02 Å². The number of alkyl halides is 1. The molecule has 0 amide bonds. The van der Waals surface area contributed by atoms with E-state index in [2.05, 4.69) is 21.2 Å². The summed E-state index contributed by atoms with van der Waals surface area (Å²) >= 11 is 14.9. The zero-order valence-electron chi connectivity index (χ0n) is 8.64. The van der Waals surface area contributed by atoms with E-state index in [1.54, 1.807) is 19.2 Å². The summed E-state index contributed by atoms with van der Waals surface area (Å²) in [5, 5.41) is 12.9. The summed E-state index contributed by atoms with van der Waals surface area (Å²) in [6, 6.07) is 3.48. The van der Waals surface area contributed by atoms with E-state index in [0.29, 0.717) is 23.0 Å². The summed E-state index contributed by atoms with van der Waals surface area (Å²) in [6.45, 7) is 0.328. The summed E-state index contributed by atoms with van der Waals surface area (Å²) in [5.41, 5.74) is 0.685. The topological polar surface area (TPSA) is 41.5 Å². The van der Waals surface area contributed by atoms with E-state index in [0.717, 1.165) is 4.47 Å². The van der Waals surface area contributed by atoms with Crippen molar-refractivity contribution >= 4 is 44.8 Å². The smallest absolute Gasteiger partial charge is 0.135 e. The van der Waals surface area contributed by atoms with Crippen LogP contribution < -0.4 is 10.1 Å². The Morgan fingerprint density at radius 3 is 2.81 bits per heavy atom. The van der Waals surface area contributed by atoms with Crippen molar-refractivity contribution in [3.63, 3.8) is 0 Å². The molecule has 6 heteroatoms. The molecule has 1 atom stereocenters. The molecule has 0 aliphatic heterocycles. The van der Waals surface area contributed by atoms with Gasteiger partial charge in [-0.15, -0.1) is 11.6 Å². The van der Waals surface area contributed by atoms with Crippen LogP contribution in [0.25, 0.3) is 0 Å². The van der Waals surface area contributed by atoms with Crippen LogP contribution in [-0.4, -0.2) is 30.7 Å². The third-order valence-electron chi connectivity index (χ3n) is 1.97. The molecule has 0 radical (unpaired) electrons. The van der Waals surface area contributed by atoms with Crippen LogP contribution in [0.1, 0.15) is 0 Å². The molecule has 0 spiro atoms. The van der Waals surface area contributed by atoms with Crippen molar-refractivity contribution in [1.29, 1.82) is 0 Å². The van der Waals surface area contributed by atoms with Crippen LogP contribution in [0.15, 0.2) is 16.6 Å². The number of halogens is 3. The minimum absolute atomic E-state index is 0.173. The maximum atomic E-state index is 9.34. The predicted molar refractivity (Wildman–Crippen MR) is 70.9 cm³/mol. The zero-order valence-corrected chi connectivity index (χ0v) is 11.7. The molecule has 2 N–H and O–H groups in total. The maximum absolute atomic E-state index is 9.34. The van der Waals surface area contributed by atoms with Crippen molar-refractivity contribution < 1.29 is 9.84 Å². The molecule has 0 fully saturated rings. The Kier molecular flexibility index (Phi) is 5.69. The number of ether oxygens (including phenoxy) is 1. The molecule has 0 saturated heterocycles.